The Morgan fingerprint density at radius 2 is 2.00 bits per heavy atom. The summed E-state index contributed by atoms with van der Waals surface area (Å²) in [5, 5.41) is 4.54. The number of benzene rings is 1. The van der Waals surface area contributed by atoms with Crippen molar-refractivity contribution in [3.63, 3.8) is 0 Å². The van der Waals surface area contributed by atoms with Crippen LogP contribution in [0.5, 0.6) is 0 Å². The molecule has 2 heterocycles. The molecule has 3 rings (SSSR count). The molecule has 0 aliphatic carbocycles. The molecule has 0 saturated heterocycles. The molecule has 1 amide bonds. The summed E-state index contributed by atoms with van der Waals surface area (Å²) in [4.78, 5) is 17.9. The highest BCUT2D eigenvalue weighted by Crippen LogP contribution is 2.20. The van der Waals surface area contributed by atoms with Crippen molar-refractivity contribution < 1.29 is 13.7 Å². The summed E-state index contributed by atoms with van der Waals surface area (Å²) >= 11 is 9.01. The smallest absolute Gasteiger partial charge is 0.289 e. The summed E-state index contributed by atoms with van der Waals surface area (Å²) in [7, 11) is 1.63. The van der Waals surface area contributed by atoms with Crippen molar-refractivity contribution >= 4 is 33.4 Å². The Balaban J connectivity index is 1.71. The first-order valence-corrected chi connectivity index (χ1v) is 7.79. The first-order chi connectivity index (χ1) is 11.0. The molecule has 0 unspecified atom stereocenters. The van der Waals surface area contributed by atoms with Gasteiger partial charge in [-0.1, -0.05) is 16.8 Å². The van der Waals surface area contributed by atoms with Crippen LogP contribution in [0.3, 0.4) is 0 Å². The fourth-order valence-corrected chi connectivity index (χ4v) is 2.36. The molecular weight excluding hydrogens is 386 g/mol. The summed E-state index contributed by atoms with van der Waals surface area (Å²) in [6.07, 6.45) is 0. The molecule has 1 aromatic carbocycles. The third-order valence-corrected chi connectivity index (χ3v) is 3.75. The van der Waals surface area contributed by atoms with Gasteiger partial charge in [0, 0.05) is 17.6 Å². The zero-order valence-corrected chi connectivity index (χ0v) is 14.3. The Kier molecular flexibility index (Phi) is 4.49. The number of hydrogen-bond donors (Lipinski definition) is 0. The van der Waals surface area contributed by atoms with Gasteiger partial charge in [0.05, 0.1) is 0 Å². The van der Waals surface area contributed by atoms with E-state index < -0.39 is 0 Å². The lowest BCUT2D eigenvalue weighted by Crippen LogP contribution is -2.25. The third kappa shape index (κ3) is 3.62. The quantitative estimate of drug-likeness (QED) is 0.666. The molecular formula is C15H11BrClN3O3. The minimum Gasteiger partial charge on any atom is -0.444 e. The molecule has 6 nitrogen and oxygen atoms in total. The SMILES string of the molecule is CN(Cc1nc(-c2ccc(Cl)cc2)no1)C(=O)c1ccc(Br)o1. The number of furan rings is 1. The first kappa shape index (κ1) is 15.8. The maximum absolute atomic E-state index is 12.2. The van der Waals surface area contributed by atoms with Gasteiger partial charge in [-0.05, 0) is 52.3 Å². The van der Waals surface area contributed by atoms with Gasteiger partial charge in [0.15, 0.2) is 10.4 Å². The topological polar surface area (TPSA) is 72.4 Å². The molecule has 0 atom stereocenters. The summed E-state index contributed by atoms with van der Waals surface area (Å²) < 4.78 is 10.9. The number of amides is 1. The van der Waals surface area contributed by atoms with Crippen LogP contribution in [0.4, 0.5) is 0 Å². The van der Waals surface area contributed by atoms with Crippen LogP contribution < -0.4 is 0 Å². The molecule has 0 spiro atoms. The largest absolute Gasteiger partial charge is 0.444 e. The maximum Gasteiger partial charge on any atom is 0.289 e. The molecule has 0 fully saturated rings. The van der Waals surface area contributed by atoms with Crippen LogP contribution in [-0.2, 0) is 6.54 Å². The minimum atomic E-state index is -0.276. The lowest BCUT2D eigenvalue weighted by molar-refractivity contribution is 0.0736. The van der Waals surface area contributed by atoms with Gasteiger partial charge in [-0.25, -0.2) is 0 Å². The summed E-state index contributed by atoms with van der Waals surface area (Å²) in [5.41, 5.74) is 0.786. The average molecular weight is 397 g/mol. The van der Waals surface area contributed by atoms with E-state index in [9.17, 15) is 4.79 Å². The Hall–Kier alpha value is -2.12. The predicted molar refractivity (Wildman–Crippen MR) is 86.9 cm³/mol. The normalized spacial score (nSPS) is 10.7. The Morgan fingerprint density at radius 3 is 2.65 bits per heavy atom. The Morgan fingerprint density at radius 1 is 1.26 bits per heavy atom. The highest BCUT2D eigenvalue weighted by atomic mass is 79.9. The second-order valence-electron chi connectivity index (χ2n) is 4.78. The molecule has 0 aliphatic rings. The fraction of sp³-hybridized carbons (Fsp3) is 0.133. The highest BCUT2D eigenvalue weighted by molar-refractivity contribution is 9.10. The van der Waals surface area contributed by atoms with Crippen molar-refractivity contribution in [3.05, 3.63) is 57.7 Å². The maximum atomic E-state index is 12.2. The molecule has 3 aromatic rings. The van der Waals surface area contributed by atoms with E-state index in [0.717, 1.165) is 5.56 Å². The monoisotopic (exact) mass is 395 g/mol. The van der Waals surface area contributed by atoms with Crippen LogP contribution in [0.2, 0.25) is 5.02 Å². The van der Waals surface area contributed by atoms with Crippen LogP contribution >= 0.6 is 27.5 Å². The van der Waals surface area contributed by atoms with Gasteiger partial charge in [-0.3, -0.25) is 4.79 Å². The molecule has 8 heteroatoms. The van der Waals surface area contributed by atoms with Gasteiger partial charge in [0.2, 0.25) is 11.7 Å². The van der Waals surface area contributed by atoms with Crippen LogP contribution in [-0.4, -0.2) is 28.0 Å². The van der Waals surface area contributed by atoms with Gasteiger partial charge in [0.1, 0.15) is 6.54 Å². The average Bonchev–Trinajstić information content (AvgIpc) is 3.16. The van der Waals surface area contributed by atoms with Crippen molar-refractivity contribution in [1.29, 1.82) is 0 Å². The Bertz CT molecular complexity index is 829. The number of carbonyl (C=O) groups is 1. The second-order valence-corrected chi connectivity index (χ2v) is 6.00. The third-order valence-electron chi connectivity index (χ3n) is 3.07. The number of hydrogen-bond acceptors (Lipinski definition) is 5. The van der Waals surface area contributed by atoms with Crippen molar-refractivity contribution in [2.24, 2.45) is 0 Å². The van der Waals surface area contributed by atoms with E-state index in [1.807, 2.05) is 0 Å². The van der Waals surface area contributed by atoms with Gasteiger partial charge in [-0.2, -0.15) is 4.98 Å². The van der Waals surface area contributed by atoms with E-state index >= 15 is 0 Å². The van der Waals surface area contributed by atoms with Crippen molar-refractivity contribution in [3.8, 4) is 11.4 Å². The van der Waals surface area contributed by atoms with E-state index in [1.54, 1.807) is 43.4 Å². The highest BCUT2D eigenvalue weighted by Gasteiger charge is 2.18. The van der Waals surface area contributed by atoms with Gasteiger partial charge < -0.3 is 13.8 Å². The molecule has 23 heavy (non-hydrogen) atoms. The van der Waals surface area contributed by atoms with Crippen LogP contribution in [0.15, 0.2) is 50.0 Å². The van der Waals surface area contributed by atoms with Crippen molar-refractivity contribution in [2.45, 2.75) is 6.54 Å². The molecule has 0 saturated carbocycles. The zero-order chi connectivity index (χ0) is 16.4. The first-order valence-electron chi connectivity index (χ1n) is 6.62. The number of aromatic nitrogens is 2. The van der Waals surface area contributed by atoms with E-state index in [-0.39, 0.29) is 18.2 Å². The van der Waals surface area contributed by atoms with Crippen LogP contribution in [0.25, 0.3) is 11.4 Å². The summed E-state index contributed by atoms with van der Waals surface area (Å²) in [5.74, 6) is 0.730. The molecule has 118 valence electrons. The van der Waals surface area contributed by atoms with Gasteiger partial charge in [0.25, 0.3) is 5.91 Å². The predicted octanol–water partition coefficient (Wildman–Crippen LogP) is 4.02. The van der Waals surface area contributed by atoms with Gasteiger partial charge in [-0.15, -0.1) is 0 Å². The molecule has 2 aromatic heterocycles. The van der Waals surface area contributed by atoms with Crippen LogP contribution in [0.1, 0.15) is 16.4 Å². The van der Waals surface area contributed by atoms with Crippen molar-refractivity contribution in [2.75, 3.05) is 7.05 Å². The lowest BCUT2D eigenvalue weighted by Gasteiger charge is -2.12. The summed E-state index contributed by atoms with van der Waals surface area (Å²) in [6.45, 7) is 0.178. The number of nitrogens with zero attached hydrogens (tertiary/aromatic N) is 3. The van der Waals surface area contributed by atoms with E-state index in [0.29, 0.717) is 21.4 Å². The summed E-state index contributed by atoms with van der Waals surface area (Å²) in [6, 6.07) is 10.3. The van der Waals surface area contributed by atoms with Crippen LogP contribution in [0, 0.1) is 0 Å². The van der Waals surface area contributed by atoms with E-state index in [4.69, 9.17) is 20.5 Å². The lowest BCUT2D eigenvalue weighted by atomic mass is 10.2. The molecule has 0 bridgehead atoms. The van der Waals surface area contributed by atoms with Gasteiger partial charge >= 0.3 is 0 Å². The fourth-order valence-electron chi connectivity index (χ4n) is 1.93. The molecule has 0 aliphatic heterocycles. The number of rotatable bonds is 4. The number of carbonyl (C=O) groups excluding carboxylic acids is 1. The van der Waals surface area contributed by atoms with E-state index in [1.165, 1.54) is 4.90 Å². The standard InChI is InChI=1S/C15H11BrClN3O3/c1-20(15(21)11-6-7-12(16)22-11)8-13-18-14(19-23-13)9-2-4-10(17)5-3-9/h2-7H,8H2,1H3. The zero-order valence-electron chi connectivity index (χ0n) is 12.0. The molecule has 0 radical (unpaired) electrons. The second kappa shape index (κ2) is 6.55. The van der Waals surface area contributed by atoms with Crippen molar-refractivity contribution in [1.82, 2.24) is 15.0 Å². The van der Waals surface area contributed by atoms with E-state index in [2.05, 4.69) is 26.1 Å². The minimum absolute atomic E-state index is 0.178. The molecule has 0 N–H and O–H groups in total. The Labute approximate surface area is 145 Å². The number of halogens is 2.